The molecule has 0 aliphatic carbocycles. The molecule has 3 rings (SSSR count). The summed E-state index contributed by atoms with van der Waals surface area (Å²) in [6.07, 6.45) is 5.75. The highest BCUT2D eigenvalue weighted by Gasteiger charge is 2.42. The van der Waals surface area contributed by atoms with Crippen LogP contribution in [0.3, 0.4) is 0 Å². The minimum atomic E-state index is -3.45. The Balaban J connectivity index is 2.24. The normalized spacial score (nSPS) is 19.4. The van der Waals surface area contributed by atoms with E-state index in [9.17, 15) is 8.42 Å². The third kappa shape index (κ3) is 5.24. The highest BCUT2D eigenvalue weighted by molar-refractivity contribution is 7.91. The average molecular weight is 444 g/mol. The smallest absolute Gasteiger partial charge is 0.180 e. The van der Waals surface area contributed by atoms with Crippen molar-refractivity contribution in [3.63, 3.8) is 0 Å². The zero-order valence-corrected chi connectivity index (χ0v) is 20.1. The number of nitrogens with zero attached hydrogens (tertiary/aromatic N) is 1. The van der Waals surface area contributed by atoms with E-state index in [0.29, 0.717) is 10.6 Å². The Labute approximate surface area is 188 Å². The van der Waals surface area contributed by atoms with E-state index in [0.717, 1.165) is 55.3 Å². The molecular formula is C25H37N3O2S. The summed E-state index contributed by atoms with van der Waals surface area (Å²) < 4.78 is 27.4. The minimum absolute atomic E-state index is 0.132. The highest BCUT2D eigenvalue weighted by atomic mass is 32.2. The summed E-state index contributed by atoms with van der Waals surface area (Å²) >= 11 is 0. The van der Waals surface area contributed by atoms with Gasteiger partial charge in [0.05, 0.1) is 16.7 Å². The van der Waals surface area contributed by atoms with E-state index >= 15 is 0 Å². The zero-order valence-electron chi connectivity index (χ0n) is 19.3. The fraction of sp³-hybridized carbons (Fsp3) is 0.520. The fourth-order valence-electron chi connectivity index (χ4n) is 4.64. The Bertz CT molecular complexity index is 994. The molecule has 1 unspecified atom stereocenters. The Morgan fingerprint density at radius 1 is 1.06 bits per heavy atom. The van der Waals surface area contributed by atoms with Crippen LogP contribution in [0.15, 0.2) is 47.4 Å². The van der Waals surface area contributed by atoms with E-state index in [-0.39, 0.29) is 11.8 Å². The van der Waals surface area contributed by atoms with Crippen molar-refractivity contribution in [1.82, 2.24) is 5.32 Å². The quantitative estimate of drug-likeness (QED) is 0.566. The summed E-state index contributed by atoms with van der Waals surface area (Å²) in [5.74, 6) is 0.132. The molecule has 2 aromatic rings. The number of rotatable bonds is 8. The molecule has 0 fully saturated rings. The summed E-state index contributed by atoms with van der Waals surface area (Å²) in [6, 6.07) is 13.3. The lowest BCUT2D eigenvalue weighted by molar-refractivity contribution is 0.278. The second-order valence-electron chi connectivity index (χ2n) is 9.11. The average Bonchev–Trinajstić information content (AvgIpc) is 2.83. The highest BCUT2D eigenvalue weighted by Crippen LogP contribution is 2.40. The Hall–Kier alpha value is -2.05. The molecule has 6 heteroatoms. The molecule has 2 aromatic carbocycles. The summed E-state index contributed by atoms with van der Waals surface area (Å²) in [7, 11) is 0.497. The van der Waals surface area contributed by atoms with Crippen LogP contribution in [0.2, 0.25) is 0 Å². The van der Waals surface area contributed by atoms with Gasteiger partial charge >= 0.3 is 0 Å². The van der Waals surface area contributed by atoms with E-state index in [2.05, 4.69) is 19.2 Å². The number of benzene rings is 2. The molecule has 170 valence electrons. The molecule has 1 heterocycles. The monoisotopic (exact) mass is 443 g/mol. The molecule has 0 bridgehead atoms. The number of fused-ring (bicyclic) bond motifs is 1. The maximum Gasteiger partial charge on any atom is 0.180 e. The van der Waals surface area contributed by atoms with Crippen LogP contribution >= 0.6 is 0 Å². The van der Waals surface area contributed by atoms with Crippen LogP contribution in [0, 0.1) is 0 Å². The molecular weight excluding hydrogens is 406 g/mol. The van der Waals surface area contributed by atoms with Crippen LogP contribution in [0.4, 0.5) is 11.4 Å². The van der Waals surface area contributed by atoms with E-state index in [1.807, 2.05) is 55.4 Å². The standard InChI is InChI=1S/C25H37N3O2S/c1-5-7-14-25(15-8-6-2)18-31(29,30)23-13-12-21(28(3)4)17-22(23)24(27-25)19-10-9-11-20(26)16-19/h9-13,16-17,24,27H,5-8,14-15,18,26H2,1-4H3. The predicted molar refractivity (Wildman–Crippen MR) is 130 cm³/mol. The van der Waals surface area contributed by atoms with E-state index in [4.69, 9.17) is 5.73 Å². The first-order valence-corrected chi connectivity index (χ1v) is 13.0. The number of hydrogen-bond acceptors (Lipinski definition) is 5. The molecule has 1 aliphatic rings. The van der Waals surface area contributed by atoms with Crippen molar-refractivity contribution in [3.8, 4) is 0 Å². The van der Waals surface area contributed by atoms with Gasteiger partial charge in [-0.15, -0.1) is 0 Å². The van der Waals surface area contributed by atoms with Gasteiger partial charge in [0, 0.05) is 31.0 Å². The lowest BCUT2D eigenvalue weighted by Crippen LogP contribution is -2.50. The lowest BCUT2D eigenvalue weighted by atomic mass is 9.86. The second-order valence-corrected chi connectivity index (χ2v) is 11.1. The number of anilines is 2. The van der Waals surface area contributed by atoms with E-state index in [1.54, 1.807) is 6.07 Å². The molecule has 0 saturated carbocycles. The van der Waals surface area contributed by atoms with Gasteiger partial charge in [0.2, 0.25) is 0 Å². The van der Waals surface area contributed by atoms with Crippen molar-refractivity contribution >= 4 is 21.2 Å². The maximum absolute atomic E-state index is 13.7. The molecule has 0 radical (unpaired) electrons. The van der Waals surface area contributed by atoms with Crippen LogP contribution in [-0.2, 0) is 9.84 Å². The van der Waals surface area contributed by atoms with E-state index in [1.165, 1.54) is 0 Å². The Kier molecular flexibility index (Phi) is 7.32. The second kappa shape index (κ2) is 9.61. The van der Waals surface area contributed by atoms with Gasteiger partial charge in [-0.3, -0.25) is 5.32 Å². The van der Waals surface area contributed by atoms with Gasteiger partial charge in [0.1, 0.15) is 0 Å². The number of nitrogens with two attached hydrogens (primary N) is 1. The van der Waals surface area contributed by atoms with Crippen molar-refractivity contribution in [3.05, 3.63) is 53.6 Å². The zero-order chi connectivity index (χ0) is 22.6. The van der Waals surface area contributed by atoms with Crippen LogP contribution in [0.5, 0.6) is 0 Å². The summed E-state index contributed by atoms with van der Waals surface area (Å²) in [4.78, 5) is 2.45. The van der Waals surface area contributed by atoms with Crippen molar-refractivity contribution in [1.29, 1.82) is 0 Å². The first-order valence-electron chi connectivity index (χ1n) is 11.4. The molecule has 31 heavy (non-hydrogen) atoms. The van der Waals surface area contributed by atoms with Gasteiger partial charge in [-0.25, -0.2) is 8.42 Å². The molecule has 0 saturated heterocycles. The molecule has 5 nitrogen and oxygen atoms in total. The van der Waals surface area contributed by atoms with Gasteiger partial charge in [0.25, 0.3) is 0 Å². The molecule has 3 N–H and O–H groups in total. The van der Waals surface area contributed by atoms with Gasteiger partial charge in [-0.1, -0.05) is 51.7 Å². The number of nitrogens with one attached hydrogen (secondary N) is 1. The fourth-order valence-corrected chi connectivity index (χ4v) is 6.70. The van der Waals surface area contributed by atoms with Crippen LogP contribution in [0.25, 0.3) is 0 Å². The largest absolute Gasteiger partial charge is 0.399 e. The van der Waals surface area contributed by atoms with Crippen molar-refractivity contribution in [2.45, 2.75) is 68.8 Å². The third-order valence-electron chi connectivity index (χ3n) is 6.33. The van der Waals surface area contributed by atoms with Gasteiger partial charge in [0.15, 0.2) is 9.84 Å². The first kappa shape index (κ1) is 23.6. The van der Waals surface area contributed by atoms with Crippen molar-refractivity contribution in [2.24, 2.45) is 0 Å². The number of nitrogen functional groups attached to an aromatic ring is 1. The topological polar surface area (TPSA) is 75.4 Å². The summed E-state index contributed by atoms with van der Waals surface area (Å²) in [5, 5.41) is 3.87. The van der Waals surface area contributed by atoms with Crippen LogP contribution < -0.4 is 16.0 Å². The van der Waals surface area contributed by atoms with Gasteiger partial charge < -0.3 is 10.6 Å². The Morgan fingerprint density at radius 3 is 2.32 bits per heavy atom. The van der Waals surface area contributed by atoms with Crippen LogP contribution in [-0.4, -0.2) is 33.8 Å². The number of sulfone groups is 1. The van der Waals surface area contributed by atoms with E-state index < -0.39 is 15.4 Å². The van der Waals surface area contributed by atoms with Gasteiger partial charge in [-0.05, 0) is 54.3 Å². The molecule has 0 spiro atoms. The predicted octanol–water partition coefficient (Wildman–Crippen LogP) is 4.92. The van der Waals surface area contributed by atoms with Crippen molar-refractivity contribution < 1.29 is 8.42 Å². The maximum atomic E-state index is 13.7. The van der Waals surface area contributed by atoms with Crippen LogP contribution in [0.1, 0.15) is 69.5 Å². The Morgan fingerprint density at radius 2 is 1.74 bits per heavy atom. The molecule has 1 atom stereocenters. The molecule has 1 aliphatic heterocycles. The molecule has 0 amide bonds. The first-order chi connectivity index (χ1) is 14.7. The number of hydrogen-bond donors (Lipinski definition) is 2. The van der Waals surface area contributed by atoms with Crippen molar-refractivity contribution in [2.75, 3.05) is 30.5 Å². The summed E-state index contributed by atoms with van der Waals surface area (Å²) in [5.41, 5.74) is 9.16. The minimum Gasteiger partial charge on any atom is -0.399 e. The van der Waals surface area contributed by atoms with Gasteiger partial charge in [-0.2, -0.15) is 0 Å². The number of unbranched alkanes of at least 4 members (excludes halogenated alkanes) is 2. The SMILES string of the molecule is CCCCC1(CCCC)CS(=O)(=O)c2ccc(N(C)C)cc2C(c2cccc(N)c2)N1. The third-order valence-corrected chi connectivity index (χ3v) is 8.31. The molecule has 0 aromatic heterocycles. The summed E-state index contributed by atoms with van der Waals surface area (Å²) in [6.45, 7) is 4.32. The lowest BCUT2D eigenvalue weighted by Gasteiger charge is -2.37.